The summed E-state index contributed by atoms with van der Waals surface area (Å²) in [5.74, 6) is -4.87. The van der Waals surface area contributed by atoms with Gasteiger partial charge in [0, 0.05) is 6.42 Å². The summed E-state index contributed by atoms with van der Waals surface area (Å²) in [6, 6.07) is -4.30. The van der Waals surface area contributed by atoms with Gasteiger partial charge in [-0.1, -0.05) is 48.0 Å². The van der Waals surface area contributed by atoms with Gasteiger partial charge in [-0.3, -0.25) is 19.2 Å². The summed E-state index contributed by atoms with van der Waals surface area (Å²) >= 11 is 0. The molecule has 5 unspecified atom stereocenters. The minimum Gasteiger partial charge on any atom is -0.481 e. The van der Waals surface area contributed by atoms with E-state index >= 15 is 0 Å². The fraction of sp³-hybridized carbons (Fsp3) is 0.773. The first-order valence-corrected chi connectivity index (χ1v) is 11.3. The Bertz CT molecular complexity index is 696. The highest BCUT2D eigenvalue weighted by molar-refractivity contribution is 5.94. The van der Waals surface area contributed by atoms with Gasteiger partial charge in [-0.05, 0) is 30.6 Å². The van der Waals surface area contributed by atoms with Crippen LogP contribution >= 0.6 is 0 Å². The zero-order valence-corrected chi connectivity index (χ0v) is 20.4. The normalized spacial score (nSPS) is 15.8. The molecular weight excluding hydrogens is 432 g/mol. The summed E-state index contributed by atoms with van der Waals surface area (Å²) < 4.78 is 0. The van der Waals surface area contributed by atoms with Gasteiger partial charge in [-0.2, -0.15) is 0 Å². The Kier molecular flexibility index (Phi) is 13.3. The highest BCUT2D eigenvalue weighted by Crippen LogP contribution is 2.11. The number of carbonyl (C=O) groups is 5. The summed E-state index contributed by atoms with van der Waals surface area (Å²) in [5.41, 5.74) is 5.87. The Balaban J connectivity index is 5.64. The minimum atomic E-state index is -1.29. The van der Waals surface area contributed by atoms with Gasteiger partial charge in [0.05, 0.1) is 6.04 Å². The molecule has 5 atom stereocenters. The molecule has 0 saturated heterocycles. The van der Waals surface area contributed by atoms with Crippen LogP contribution in [0, 0.1) is 17.8 Å². The summed E-state index contributed by atoms with van der Waals surface area (Å²) in [6.07, 6.45) is 0.0442. The molecule has 0 bridgehead atoms. The summed E-state index contributed by atoms with van der Waals surface area (Å²) in [6.45, 7) is 10.7. The number of carboxylic acid groups (broad SMARTS) is 2. The molecular formula is C22H40N4O7. The first-order valence-electron chi connectivity index (χ1n) is 11.3. The summed E-state index contributed by atoms with van der Waals surface area (Å²) in [7, 11) is 0. The molecule has 0 aromatic heterocycles. The molecule has 3 amide bonds. The Morgan fingerprint density at radius 2 is 1.36 bits per heavy atom. The molecule has 33 heavy (non-hydrogen) atoms. The standard InChI is InChI=1S/C22H40N4O7/c1-7-13(6)18(26-20(30)17(23)12(4)5)21(31)24-14(8-9-16(27)28)19(29)25-15(22(32)33)10-11(2)3/h11-15,17-18H,7-10,23H2,1-6H3,(H,24,31)(H,25,29)(H,26,30)(H,27,28)(H,32,33). The number of amides is 3. The van der Waals surface area contributed by atoms with E-state index in [1.807, 2.05) is 6.92 Å². The molecule has 190 valence electrons. The summed E-state index contributed by atoms with van der Waals surface area (Å²) in [5, 5.41) is 25.9. The zero-order valence-electron chi connectivity index (χ0n) is 20.4. The van der Waals surface area contributed by atoms with Gasteiger partial charge in [0.2, 0.25) is 17.7 Å². The highest BCUT2D eigenvalue weighted by Gasteiger charge is 2.33. The van der Waals surface area contributed by atoms with Crippen LogP contribution in [0.5, 0.6) is 0 Å². The fourth-order valence-corrected chi connectivity index (χ4v) is 3.02. The number of aliphatic carboxylic acids is 2. The van der Waals surface area contributed by atoms with Crippen molar-refractivity contribution in [2.24, 2.45) is 23.5 Å². The second-order valence-corrected chi connectivity index (χ2v) is 9.16. The third-order valence-electron chi connectivity index (χ3n) is 5.42. The fourth-order valence-electron chi connectivity index (χ4n) is 3.02. The van der Waals surface area contributed by atoms with E-state index in [1.54, 1.807) is 34.6 Å². The van der Waals surface area contributed by atoms with Crippen LogP contribution in [0.15, 0.2) is 0 Å². The van der Waals surface area contributed by atoms with Crippen LogP contribution in [0.3, 0.4) is 0 Å². The van der Waals surface area contributed by atoms with Crippen LogP contribution in [-0.2, 0) is 24.0 Å². The monoisotopic (exact) mass is 472 g/mol. The van der Waals surface area contributed by atoms with Gasteiger partial charge in [-0.15, -0.1) is 0 Å². The molecule has 0 aliphatic carbocycles. The van der Waals surface area contributed by atoms with Crippen molar-refractivity contribution in [3.05, 3.63) is 0 Å². The number of hydrogen-bond acceptors (Lipinski definition) is 6. The molecule has 0 heterocycles. The van der Waals surface area contributed by atoms with Crippen molar-refractivity contribution in [2.45, 2.75) is 91.4 Å². The van der Waals surface area contributed by atoms with E-state index < -0.39 is 60.2 Å². The van der Waals surface area contributed by atoms with E-state index in [1.165, 1.54) is 0 Å². The van der Waals surface area contributed by atoms with Crippen molar-refractivity contribution in [1.29, 1.82) is 0 Å². The molecule has 0 aromatic carbocycles. The minimum absolute atomic E-state index is 0.0198. The predicted octanol–water partition coefficient (Wildman–Crippen LogP) is 0.466. The first kappa shape index (κ1) is 30.3. The van der Waals surface area contributed by atoms with Crippen molar-refractivity contribution >= 4 is 29.7 Å². The highest BCUT2D eigenvalue weighted by atomic mass is 16.4. The van der Waals surface area contributed by atoms with Crippen molar-refractivity contribution in [1.82, 2.24) is 16.0 Å². The number of rotatable bonds is 15. The van der Waals surface area contributed by atoms with Crippen molar-refractivity contribution in [2.75, 3.05) is 0 Å². The van der Waals surface area contributed by atoms with Crippen LogP contribution in [0.25, 0.3) is 0 Å². The third kappa shape index (κ3) is 11.1. The van der Waals surface area contributed by atoms with Gasteiger partial charge in [0.25, 0.3) is 0 Å². The van der Waals surface area contributed by atoms with Crippen molar-refractivity contribution < 1.29 is 34.2 Å². The van der Waals surface area contributed by atoms with E-state index in [9.17, 15) is 29.1 Å². The number of nitrogens with one attached hydrogen (secondary N) is 3. The topological polar surface area (TPSA) is 188 Å². The molecule has 0 spiro atoms. The molecule has 0 fully saturated rings. The lowest BCUT2D eigenvalue weighted by Crippen LogP contribution is -2.59. The number of hydrogen-bond donors (Lipinski definition) is 6. The number of nitrogens with two attached hydrogens (primary N) is 1. The lowest BCUT2D eigenvalue weighted by Gasteiger charge is -2.28. The van der Waals surface area contributed by atoms with Gasteiger partial charge >= 0.3 is 11.9 Å². The molecule has 0 saturated carbocycles. The van der Waals surface area contributed by atoms with Crippen molar-refractivity contribution in [3.63, 3.8) is 0 Å². The molecule has 0 aliphatic rings. The molecule has 11 nitrogen and oxygen atoms in total. The smallest absolute Gasteiger partial charge is 0.326 e. The van der Waals surface area contributed by atoms with E-state index in [2.05, 4.69) is 16.0 Å². The van der Waals surface area contributed by atoms with Gasteiger partial charge < -0.3 is 31.9 Å². The quantitative estimate of drug-likeness (QED) is 0.198. The molecule has 0 radical (unpaired) electrons. The number of carboxylic acids is 2. The Hall–Kier alpha value is -2.69. The first-order chi connectivity index (χ1) is 15.2. The number of carbonyl (C=O) groups excluding carboxylic acids is 3. The van der Waals surface area contributed by atoms with Gasteiger partial charge in [0.1, 0.15) is 18.1 Å². The van der Waals surface area contributed by atoms with E-state index in [0.29, 0.717) is 6.42 Å². The Labute approximate surface area is 195 Å². The molecule has 0 rings (SSSR count). The molecule has 7 N–H and O–H groups in total. The van der Waals surface area contributed by atoms with Crippen LogP contribution in [0.2, 0.25) is 0 Å². The van der Waals surface area contributed by atoms with Crippen LogP contribution in [-0.4, -0.2) is 64.0 Å². The lowest BCUT2D eigenvalue weighted by molar-refractivity contribution is -0.143. The molecule has 11 heteroatoms. The third-order valence-corrected chi connectivity index (χ3v) is 5.42. The van der Waals surface area contributed by atoms with E-state index in [-0.39, 0.29) is 30.6 Å². The largest absolute Gasteiger partial charge is 0.481 e. The lowest BCUT2D eigenvalue weighted by atomic mass is 9.96. The predicted molar refractivity (Wildman–Crippen MR) is 122 cm³/mol. The van der Waals surface area contributed by atoms with Crippen LogP contribution in [0.4, 0.5) is 0 Å². The van der Waals surface area contributed by atoms with Crippen LogP contribution < -0.4 is 21.7 Å². The van der Waals surface area contributed by atoms with E-state index in [0.717, 1.165) is 0 Å². The zero-order chi connectivity index (χ0) is 25.9. The Morgan fingerprint density at radius 3 is 1.79 bits per heavy atom. The SMILES string of the molecule is CCC(C)C(NC(=O)C(N)C(C)C)C(=O)NC(CCC(=O)O)C(=O)NC(CC(C)C)C(=O)O. The summed E-state index contributed by atoms with van der Waals surface area (Å²) in [4.78, 5) is 60.8. The second-order valence-electron chi connectivity index (χ2n) is 9.16. The second kappa shape index (κ2) is 14.5. The molecule has 0 aliphatic heterocycles. The van der Waals surface area contributed by atoms with Gasteiger partial charge in [0.15, 0.2) is 0 Å². The molecule has 0 aromatic rings. The van der Waals surface area contributed by atoms with Gasteiger partial charge in [-0.25, -0.2) is 4.79 Å². The van der Waals surface area contributed by atoms with E-state index in [4.69, 9.17) is 10.8 Å². The maximum absolute atomic E-state index is 13.0. The maximum atomic E-state index is 13.0. The Morgan fingerprint density at radius 1 is 0.818 bits per heavy atom. The average molecular weight is 473 g/mol. The average Bonchev–Trinajstić information content (AvgIpc) is 2.71. The maximum Gasteiger partial charge on any atom is 0.326 e. The van der Waals surface area contributed by atoms with Crippen LogP contribution in [0.1, 0.15) is 67.2 Å². The van der Waals surface area contributed by atoms with Crippen molar-refractivity contribution in [3.8, 4) is 0 Å².